The summed E-state index contributed by atoms with van der Waals surface area (Å²) in [5.74, 6) is 0. The van der Waals surface area contributed by atoms with Gasteiger partial charge in [0.15, 0.2) is 0 Å². The number of benzene rings is 1. The predicted molar refractivity (Wildman–Crippen MR) is 71.5 cm³/mol. The summed E-state index contributed by atoms with van der Waals surface area (Å²) in [5, 5.41) is 3.59. The molecule has 19 heavy (non-hydrogen) atoms. The zero-order valence-corrected chi connectivity index (χ0v) is 11.8. The first-order valence-electron chi connectivity index (χ1n) is 5.31. The summed E-state index contributed by atoms with van der Waals surface area (Å²) in [6.45, 7) is 1.74. The van der Waals surface area contributed by atoms with Gasteiger partial charge >= 0.3 is 12.2 Å². The molecular weight excluding hydrogens is 295 g/mol. The molecule has 0 aliphatic rings. The average molecular weight is 307 g/mol. The Balaban J connectivity index is 2.99. The van der Waals surface area contributed by atoms with Crippen LogP contribution in [-0.4, -0.2) is 25.8 Å². The molecule has 0 saturated heterocycles. The Bertz CT molecular complexity index is 482. The fourth-order valence-corrected chi connectivity index (χ4v) is 1.44. The third-order valence-electron chi connectivity index (χ3n) is 1.96. The largest absolute Gasteiger partial charge is 0.533 e. The van der Waals surface area contributed by atoms with Gasteiger partial charge < -0.3 is 10.1 Å². The van der Waals surface area contributed by atoms with Crippen molar-refractivity contribution in [1.82, 2.24) is 5.32 Å². The zero-order chi connectivity index (χ0) is 14.4. The van der Waals surface area contributed by atoms with E-state index in [0.717, 1.165) is 5.06 Å². The van der Waals surface area contributed by atoms with Gasteiger partial charge in [0.1, 0.15) is 0 Å². The van der Waals surface area contributed by atoms with E-state index in [2.05, 4.69) is 10.1 Å². The summed E-state index contributed by atoms with van der Waals surface area (Å²) in [6.07, 6.45) is -1.00. The minimum absolute atomic E-state index is 0.127. The van der Waals surface area contributed by atoms with E-state index in [1.165, 1.54) is 25.2 Å². The molecule has 0 saturated carbocycles. The van der Waals surface area contributed by atoms with E-state index in [1.807, 2.05) is 0 Å². The smallest absolute Gasteiger partial charge is 0.433 e. The topological polar surface area (TPSA) is 67.9 Å². The third kappa shape index (κ3) is 4.18. The molecule has 0 bridgehead atoms. The molecule has 0 spiro atoms. The lowest BCUT2D eigenvalue weighted by molar-refractivity contribution is 0.0553. The number of urea groups is 1. The van der Waals surface area contributed by atoms with E-state index in [-0.39, 0.29) is 17.3 Å². The number of hydrogen-bond acceptors (Lipinski definition) is 4. The van der Waals surface area contributed by atoms with Crippen LogP contribution in [-0.2, 0) is 9.57 Å². The number of anilines is 1. The summed E-state index contributed by atoms with van der Waals surface area (Å²) < 4.78 is 4.60. The maximum Gasteiger partial charge on any atom is 0.533 e. The molecule has 0 unspecified atom stereocenters. The number of ether oxygens (including phenoxy) is 1. The fraction of sp³-hybridized carbons (Fsp3) is 0.273. The second-order valence-electron chi connectivity index (χ2n) is 3.22. The maximum absolute atomic E-state index is 11.7. The lowest BCUT2D eigenvalue weighted by atomic mass is 10.3. The van der Waals surface area contributed by atoms with Crippen LogP contribution in [0.4, 0.5) is 15.3 Å². The van der Waals surface area contributed by atoms with Crippen molar-refractivity contribution in [2.75, 3.05) is 18.7 Å². The Morgan fingerprint density at radius 2 is 2.00 bits per heavy atom. The molecule has 0 heterocycles. The summed E-state index contributed by atoms with van der Waals surface area (Å²) in [4.78, 5) is 27.7. The summed E-state index contributed by atoms with van der Waals surface area (Å²) >= 11 is 11.6. The quantitative estimate of drug-likeness (QED) is 0.673. The molecule has 0 aliphatic carbocycles. The second kappa shape index (κ2) is 7.06. The SMILES string of the molecule is CCOC(=O)ON(C(=O)NC)c1ccc(Cl)c(Cl)c1. The molecule has 0 atom stereocenters. The second-order valence-corrected chi connectivity index (χ2v) is 4.04. The lowest BCUT2D eigenvalue weighted by Gasteiger charge is -2.20. The predicted octanol–water partition coefficient (Wildman–Crippen LogP) is 3.23. The first-order chi connectivity index (χ1) is 8.99. The van der Waals surface area contributed by atoms with E-state index in [4.69, 9.17) is 28.0 Å². The number of rotatable bonds is 2. The Labute approximate surface area is 120 Å². The van der Waals surface area contributed by atoms with E-state index >= 15 is 0 Å². The van der Waals surface area contributed by atoms with Crippen LogP contribution in [0.2, 0.25) is 10.0 Å². The first kappa shape index (κ1) is 15.4. The third-order valence-corrected chi connectivity index (χ3v) is 2.70. The van der Waals surface area contributed by atoms with Gasteiger partial charge in [0.2, 0.25) is 0 Å². The average Bonchev–Trinajstić information content (AvgIpc) is 2.39. The van der Waals surface area contributed by atoms with E-state index in [1.54, 1.807) is 6.92 Å². The van der Waals surface area contributed by atoms with Gasteiger partial charge in [0, 0.05) is 7.05 Å². The normalized spacial score (nSPS) is 9.68. The van der Waals surface area contributed by atoms with E-state index < -0.39 is 12.2 Å². The highest BCUT2D eigenvalue weighted by atomic mass is 35.5. The molecule has 1 aromatic rings. The van der Waals surface area contributed by atoms with Gasteiger partial charge in [-0.1, -0.05) is 23.2 Å². The van der Waals surface area contributed by atoms with Gasteiger partial charge in [-0.3, -0.25) is 4.84 Å². The Morgan fingerprint density at radius 3 is 2.53 bits per heavy atom. The minimum Gasteiger partial charge on any atom is -0.433 e. The minimum atomic E-state index is -1.00. The number of nitrogens with one attached hydrogen (secondary N) is 1. The monoisotopic (exact) mass is 306 g/mol. The zero-order valence-electron chi connectivity index (χ0n) is 10.3. The number of carbonyl (C=O) groups is 2. The molecule has 1 N–H and O–H groups in total. The summed E-state index contributed by atoms with van der Waals surface area (Å²) in [5.41, 5.74) is 0.238. The molecule has 8 heteroatoms. The van der Waals surface area contributed by atoms with Crippen molar-refractivity contribution in [1.29, 1.82) is 0 Å². The number of halogens is 2. The fourth-order valence-electron chi connectivity index (χ4n) is 1.14. The van der Waals surface area contributed by atoms with Gasteiger partial charge in [-0.15, -0.1) is 5.06 Å². The number of carbonyl (C=O) groups excluding carboxylic acids is 2. The maximum atomic E-state index is 11.7. The van der Waals surface area contributed by atoms with E-state index in [0.29, 0.717) is 5.02 Å². The Morgan fingerprint density at radius 1 is 1.32 bits per heavy atom. The number of nitrogens with zero attached hydrogens (tertiary/aromatic N) is 1. The van der Waals surface area contributed by atoms with Crippen LogP contribution in [0.3, 0.4) is 0 Å². The van der Waals surface area contributed by atoms with Crippen LogP contribution in [0, 0.1) is 0 Å². The van der Waals surface area contributed by atoms with Crippen LogP contribution in [0.15, 0.2) is 18.2 Å². The summed E-state index contributed by atoms with van der Waals surface area (Å²) in [7, 11) is 1.39. The van der Waals surface area contributed by atoms with Crippen molar-refractivity contribution in [2.24, 2.45) is 0 Å². The molecular formula is C11H12Cl2N2O4. The van der Waals surface area contributed by atoms with Crippen LogP contribution in [0.1, 0.15) is 6.92 Å². The molecule has 0 aromatic heterocycles. The first-order valence-corrected chi connectivity index (χ1v) is 6.06. The highest BCUT2D eigenvalue weighted by molar-refractivity contribution is 6.42. The molecule has 1 aromatic carbocycles. The van der Waals surface area contributed by atoms with E-state index in [9.17, 15) is 9.59 Å². The van der Waals surface area contributed by atoms with Crippen LogP contribution >= 0.6 is 23.2 Å². The van der Waals surface area contributed by atoms with Crippen molar-refractivity contribution < 1.29 is 19.2 Å². The van der Waals surface area contributed by atoms with Crippen molar-refractivity contribution in [3.63, 3.8) is 0 Å². The molecule has 0 fully saturated rings. The molecule has 0 radical (unpaired) electrons. The number of amides is 2. The number of hydroxylamine groups is 1. The Kier molecular flexibility index (Phi) is 5.72. The molecule has 104 valence electrons. The molecule has 6 nitrogen and oxygen atoms in total. The van der Waals surface area contributed by atoms with Crippen molar-refractivity contribution in [2.45, 2.75) is 6.92 Å². The van der Waals surface area contributed by atoms with Crippen LogP contribution in [0.25, 0.3) is 0 Å². The van der Waals surface area contributed by atoms with Crippen molar-refractivity contribution >= 4 is 41.1 Å². The standard InChI is InChI=1S/C11H12Cl2N2O4/c1-3-18-11(17)19-15(10(16)14-2)7-4-5-8(12)9(13)6-7/h4-6H,3H2,1-2H3,(H,14,16). The lowest BCUT2D eigenvalue weighted by Crippen LogP contribution is -2.40. The molecule has 1 rings (SSSR count). The van der Waals surface area contributed by atoms with Gasteiger partial charge in [-0.25, -0.2) is 9.59 Å². The summed E-state index contributed by atoms with van der Waals surface area (Å²) in [6, 6.07) is 3.68. The highest BCUT2D eigenvalue weighted by Crippen LogP contribution is 2.27. The van der Waals surface area contributed by atoms with Crippen LogP contribution < -0.4 is 10.4 Å². The van der Waals surface area contributed by atoms with Crippen molar-refractivity contribution in [3.05, 3.63) is 28.2 Å². The van der Waals surface area contributed by atoms with Gasteiger partial charge in [-0.05, 0) is 25.1 Å². The Hall–Kier alpha value is -1.66. The van der Waals surface area contributed by atoms with Gasteiger partial charge in [0.25, 0.3) is 0 Å². The highest BCUT2D eigenvalue weighted by Gasteiger charge is 2.21. The van der Waals surface area contributed by atoms with Gasteiger partial charge in [-0.2, -0.15) is 0 Å². The number of hydrogen-bond donors (Lipinski definition) is 1. The molecule has 2 amide bonds. The van der Waals surface area contributed by atoms with Gasteiger partial charge in [0.05, 0.1) is 22.3 Å². The van der Waals surface area contributed by atoms with Crippen LogP contribution in [0.5, 0.6) is 0 Å². The molecule has 0 aliphatic heterocycles. The van der Waals surface area contributed by atoms with Crippen molar-refractivity contribution in [3.8, 4) is 0 Å².